The smallest absolute Gasteiger partial charge is 0.295 e. The molecular weight excluding hydrogens is 238 g/mol. The quantitative estimate of drug-likeness (QED) is 0.786. The molecule has 0 saturated carbocycles. The summed E-state index contributed by atoms with van der Waals surface area (Å²) in [6.07, 6.45) is 0.594. The van der Waals surface area contributed by atoms with Gasteiger partial charge in [-0.05, 0) is 30.2 Å². The largest absolute Gasteiger partial charge is 0.444 e. The van der Waals surface area contributed by atoms with Gasteiger partial charge in [0.15, 0.2) is 6.23 Å². The lowest BCUT2D eigenvalue weighted by molar-refractivity contribution is -0.132. The Bertz CT molecular complexity index is 564. The van der Waals surface area contributed by atoms with Crippen LogP contribution in [0.3, 0.4) is 0 Å². The van der Waals surface area contributed by atoms with Gasteiger partial charge in [-0.3, -0.25) is 4.79 Å². The molecule has 96 valence electrons. The van der Waals surface area contributed by atoms with E-state index in [0.717, 1.165) is 17.8 Å². The topological polar surface area (TPSA) is 29.5 Å². The summed E-state index contributed by atoms with van der Waals surface area (Å²) < 4.78 is 5.14. The highest BCUT2D eigenvalue weighted by atomic mass is 16.5. The van der Waals surface area contributed by atoms with Gasteiger partial charge >= 0.3 is 0 Å². The van der Waals surface area contributed by atoms with Crippen LogP contribution < -0.4 is 4.90 Å². The van der Waals surface area contributed by atoms with Crippen molar-refractivity contribution in [3.63, 3.8) is 0 Å². The van der Waals surface area contributed by atoms with Gasteiger partial charge in [0.2, 0.25) is 0 Å². The third-order valence-corrected chi connectivity index (χ3v) is 3.50. The lowest BCUT2D eigenvalue weighted by Crippen LogP contribution is -2.34. The Balaban J connectivity index is 2.13. The van der Waals surface area contributed by atoms with Crippen LogP contribution in [0.15, 0.2) is 48.5 Å². The minimum Gasteiger partial charge on any atom is -0.444 e. The summed E-state index contributed by atoms with van der Waals surface area (Å²) in [5, 5.41) is 0. The number of carbonyl (C=O) groups is 1. The highest BCUT2D eigenvalue weighted by molar-refractivity contribution is 5.74. The summed E-state index contributed by atoms with van der Waals surface area (Å²) in [6, 6.07) is 16.5. The van der Waals surface area contributed by atoms with Crippen LogP contribution in [-0.4, -0.2) is 12.7 Å². The molecule has 2 aromatic carbocycles. The second-order valence-corrected chi connectivity index (χ2v) is 4.64. The van der Waals surface area contributed by atoms with E-state index in [1.54, 1.807) is 0 Å². The highest BCUT2D eigenvalue weighted by Crippen LogP contribution is 2.39. The van der Waals surface area contributed by atoms with Crippen LogP contribution in [0.1, 0.15) is 18.1 Å². The second kappa shape index (κ2) is 4.76. The SMILES string of the molecule is CC(OC=O)N1c2ccccc2Cc2ccccc21. The molecule has 0 spiro atoms. The number of carbonyl (C=O) groups excluding carboxylic acids is 1. The van der Waals surface area contributed by atoms with Crippen molar-refractivity contribution in [1.29, 1.82) is 0 Å². The maximum Gasteiger partial charge on any atom is 0.295 e. The number of fused-ring (bicyclic) bond motifs is 2. The first-order valence-corrected chi connectivity index (χ1v) is 6.35. The van der Waals surface area contributed by atoms with Crippen molar-refractivity contribution in [2.75, 3.05) is 4.90 Å². The molecule has 1 unspecified atom stereocenters. The lowest BCUT2D eigenvalue weighted by Gasteiger charge is -2.36. The number of hydrogen-bond donors (Lipinski definition) is 0. The van der Waals surface area contributed by atoms with E-state index in [1.807, 2.05) is 31.2 Å². The number of rotatable bonds is 3. The minimum absolute atomic E-state index is 0.319. The standard InChI is InChI=1S/C16H15NO2/c1-12(19-11-18)17-15-8-4-2-6-13(15)10-14-7-3-5-9-16(14)17/h2-9,11-12H,10H2,1H3. The molecule has 3 rings (SSSR count). The predicted molar refractivity (Wildman–Crippen MR) is 74.4 cm³/mol. The summed E-state index contributed by atoms with van der Waals surface area (Å²) in [6.45, 7) is 2.39. The molecule has 0 amide bonds. The molecule has 1 aliphatic heterocycles. The van der Waals surface area contributed by atoms with E-state index in [4.69, 9.17) is 4.74 Å². The van der Waals surface area contributed by atoms with E-state index >= 15 is 0 Å². The number of para-hydroxylation sites is 2. The molecule has 2 aromatic rings. The van der Waals surface area contributed by atoms with Crippen molar-refractivity contribution in [3.8, 4) is 0 Å². The third-order valence-electron chi connectivity index (χ3n) is 3.50. The molecule has 3 nitrogen and oxygen atoms in total. The average molecular weight is 253 g/mol. The number of hydrogen-bond acceptors (Lipinski definition) is 3. The van der Waals surface area contributed by atoms with Gasteiger partial charge in [0.05, 0.1) is 0 Å². The van der Waals surface area contributed by atoms with Crippen LogP contribution in [0.25, 0.3) is 0 Å². The molecule has 0 bridgehead atoms. The zero-order chi connectivity index (χ0) is 13.2. The first-order valence-electron chi connectivity index (χ1n) is 6.35. The van der Waals surface area contributed by atoms with Gasteiger partial charge in [0, 0.05) is 17.8 Å². The molecular formula is C16H15NO2. The summed E-state index contributed by atoms with van der Waals surface area (Å²) in [4.78, 5) is 12.7. The van der Waals surface area contributed by atoms with E-state index in [9.17, 15) is 4.79 Å². The molecule has 0 saturated heterocycles. The van der Waals surface area contributed by atoms with Crippen molar-refractivity contribution in [2.45, 2.75) is 19.6 Å². The third kappa shape index (κ3) is 1.97. The summed E-state index contributed by atoms with van der Waals surface area (Å²) in [5.41, 5.74) is 4.72. The maximum absolute atomic E-state index is 10.6. The van der Waals surface area contributed by atoms with Crippen LogP contribution in [-0.2, 0) is 16.0 Å². The Morgan fingerprint density at radius 3 is 2.11 bits per heavy atom. The van der Waals surface area contributed by atoms with Gasteiger partial charge < -0.3 is 9.64 Å². The summed E-state index contributed by atoms with van der Waals surface area (Å²) in [7, 11) is 0. The Kier molecular flexibility index (Phi) is 2.95. The van der Waals surface area contributed by atoms with Gasteiger partial charge in [-0.1, -0.05) is 36.4 Å². The molecule has 1 heterocycles. The van der Waals surface area contributed by atoms with Gasteiger partial charge in [-0.2, -0.15) is 0 Å². The van der Waals surface area contributed by atoms with Gasteiger partial charge in [0.1, 0.15) is 0 Å². The molecule has 0 N–H and O–H groups in total. The molecule has 1 atom stereocenters. The fraction of sp³-hybridized carbons (Fsp3) is 0.188. The van der Waals surface area contributed by atoms with Crippen molar-refractivity contribution in [3.05, 3.63) is 59.7 Å². The Hall–Kier alpha value is -2.29. The fourth-order valence-corrected chi connectivity index (χ4v) is 2.66. The van der Waals surface area contributed by atoms with E-state index < -0.39 is 0 Å². The van der Waals surface area contributed by atoms with Crippen molar-refractivity contribution < 1.29 is 9.53 Å². The Morgan fingerprint density at radius 1 is 1.05 bits per heavy atom. The first kappa shape index (κ1) is 11.8. The summed E-state index contributed by atoms with van der Waals surface area (Å²) in [5.74, 6) is 0. The Morgan fingerprint density at radius 2 is 1.58 bits per heavy atom. The van der Waals surface area contributed by atoms with Crippen LogP contribution in [0.2, 0.25) is 0 Å². The van der Waals surface area contributed by atoms with E-state index in [2.05, 4.69) is 29.2 Å². The molecule has 0 fully saturated rings. The van der Waals surface area contributed by atoms with Crippen molar-refractivity contribution in [2.24, 2.45) is 0 Å². The van der Waals surface area contributed by atoms with Gasteiger partial charge in [-0.15, -0.1) is 0 Å². The summed E-state index contributed by atoms with van der Waals surface area (Å²) >= 11 is 0. The van der Waals surface area contributed by atoms with Crippen LogP contribution >= 0.6 is 0 Å². The van der Waals surface area contributed by atoms with Crippen LogP contribution in [0.4, 0.5) is 11.4 Å². The average Bonchev–Trinajstić information content (AvgIpc) is 2.44. The first-order chi connectivity index (χ1) is 9.31. The zero-order valence-corrected chi connectivity index (χ0v) is 10.7. The van der Waals surface area contributed by atoms with Gasteiger partial charge in [-0.25, -0.2) is 0 Å². The Labute approximate surface area is 112 Å². The monoisotopic (exact) mass is 253 g/mol. The van der Waals surface area contributed by atoms with Crippen LogP contribution in [0.5, 0.6) is 0 Å². The van der Waals surface area contributed by atoms with Gasteiger partial charge in [0.25, 0.3) is 6.47 Å². The van der Waals surface area contributed by atoms with Crippen molar-refractivity contribution in [1.82, 2.24) is 0 Å². The fourth-order valence-electron chi connectivity index (χ4n) is 2.66. The molecule has 3 heteroatoms. The number of benzene rings is 2. The molecule has 0 radical (unpaired) electrons. The lowest BCUT2D eigenvalue weighted by atomic mass is 9.95. The van der Waals surface area contributed by atoms with E-state index in [0.29, 0.717) is 6.47 Å². The number of ether oxygens (including phenoxy) is 1. The normalized spacial score (nSPS) is 14.3. The van der Waals surface area contributed by atoms with Crippen LogP contribution in [0, 0.1) is 0 Å². The minimum atomic E-state index is -0.319. The molecule has 1 aliphatic rings. The van der Waals surface area contributed by atoms with E-state index in [-0.39, 0.29) is 6.23 Å². The molecule has 0 aliphatic carbocycles. The predicted octanol–water partition coefficient (Wildman–Crippen LogP) is 3.25. The maximum atomic E-state index is 10.6. The molecule has 19 heavy (non-hydrogen) atoms. The van der Waals surface area contributed by atoms with Crippen molar-refractivity contribution >= 4 is 17.8 Å². The number of nitrogens with zero attached hydrogens (tertiary/aromatic N) is 1. The van der Waals surface area contributed by atoms with E-state index in [1.165, 1.54) is 11.1 Å². The second-order valence-electron chi connectivity index (χ2n) is 4.64. The highest BCUT2D eigenvalue weighted by Gasteiger charge is 2.26. The zero-order valence-electron chi connectivity index (χ0n) is 10.7. The molecule has 0 aromatic heterocycles. The number of anilines is 2.